The molecule has 0 aliphatic heterocycles. The third-order valence-corrected chi connectivity index (χ3v) is 8.46. The van der Waals surface area contributed by atoms with Crippen LogP contribution in [0.4, 0.5) is 17.1 Å². The Balaban J connectivity index is 1.24. The molecule has 0 aliphatic rings. The van der Waals surface area contributed by atoms with Crippen LogP contribution < -0.4 is 4.90 Å². The van der Waals surface area contributed by atoms with E-state index in [1.807, 2.05) is 54.7 Å². The molecule has 0 atom stereocenters. The van der Waals surface area contributed by atoms with Crippen LogP contribution in [0.15, 0.2) is 152 Å². The summed E-state index contributed by atoms with van der Waals surface area (Å²) in [5, 5.41) is 0. The van der Waals surface area contributed by atoms with Gasteiger partial charge in [-0.1, -0.05) is 78.9 Å². The largest absolute Gasteiger partial charge is 0.310 e. The van der Waals surface area contributed by atoms with Crippen LogP contribution in [0.3, 0.4) is 0 Å². The van der Waals surface area contributed by atoms with Crippen molar-refractivity contribution >= 4 is 33.7 Å². The number of aromatic nitrogens is 4. The lowest BCUT2D eigenvalue weighted by Gasteiger charge is -2.28. The number of pyridine rings is 1. The van der Waals surface area contributed by atoms with Gasteiger partial charge in [-0.05, 0) is 85.6 Å². The quantitative estimate of drug-likeness (QED) is 0.192. The predicted octanol–water partition coefficient (Wildman–Crippen LogP) is 10.4. The molecule has 0 N–H and O–H groups in total. The van der Waals surface area contributed by atoms with Gasteiger partial charge in [0.2, 0.25) is 0 Å². The minimum Gasteiger partial charge on any atom is -0.310 e. The Morgan fingerprint density at radius 1 is 0.522 bits per heavy atom. The Morgan fingerprint density at radius 2 is 1.15 bits per heavy atom. The topological polar surface area (TPSA) is 46.3 Å². The molecule has 0 fully saturated rings. The van der Waals surface area contributed by atoms with Gasteiger partial charge in [-0.3, -0.25) is 0 Å². The molecule has 46 heavy (non-hydrogen) atoms. The lowest BCUT2D eigenvalue weighted by atomic mass is 9.96. The molecule has 220 valence electrons. The van der Waals surface area contributed by atoms with Crippen LogP contribution in [0.5, 0.6) is 0 Å². The van der Waals surface area contributed by atoms with Gasteiger partial charge < -0.3 is 9.30 Å². The second-order valence-electron chi connectivity index (χ2n) is 11.5. The van der Waals surface area contributed by atoms with Crippen molar-refractivity contribution in [2.75, 3.05) is 4.90 Å². The molecular formula is C41H31N5. The molecule has 0 saturated heterocycles. The van der Waals surface area contributed by atoms with Gasteiger partial charge in [-0.2, -0.15) is 0 Å². The molecule has 0 spiro atoms. The number of imidazole rings is 1. The molecule has 5 aromatic carbocycles. The normalized spacial score (nSPS) is 11.3. The van der Waals surface area contributed by atoms with Crippen LogP contribution in [0.2, 0.25) is 0 Å². The fraction of sp³-hybridized carbons (Fsp3) is 0.0488. The van der Waals surface area contributed by atoms with E-state index in [9.17, 15) is 0 Å². The summed E-state index contributed by atoms with van der Waals surface area (Å²) in [5.74, 6) is 0. The molecule has 0 unspecified atom stereocenters. The van der Waals surface area contributed by atoms with Gasteiger partial charge >= 0.3 is 0 Å². The van der Waals surface area contributed by atoms with E-state index in [0.717, 1.165) is 78.6 Å². The summed E-state index contributed by atoms with van der Waals surface area (Å²) in [4.78, 5) is 17.4. The summed E-state index contributed by atoms with van der Waals surface area (Å²) in [6.07, 6.45) is 4.10. The van der Waals surface area contributed by atoms with Gasteiger partial charge in [0.15, 0.2) is 0 Å². The fourth-order valence-corrected chi connectivity index (χ4v) is 6.14. The van der Waals surface area contributed by atoms with Gasteiger partial charge in [-0.25, -0.2) is 15.0 Å². The zero-order valence-electron chi connectivity index (χ0n) is 25.7. The number of fused-ring (bicyclic) bond motifs is 2. The molecule has 0 saturated carbocycles. The van der Waals surface area contributed by atoms with Crippen LogP contribution in [0, 0.1) is 13.8 Å². The number of benzene rings is 5. The number of rotatable bonds is 6. The van der Waals surface area contributed by atoms with Crippen molar-refractivity contribution < 1.29 is 0 Å². The molecular weight excluding hydrogens is 562 g/mol. The molecule has 8 rings (SSSR count). The second kappa shape index (κ2) is 11.5. The highest BCUT2D eigenvalue weighted by Gasteiger charge is 2.20. The highest BCUT2D eigenvalue weighted by molar-refractivity contribution is 5.89. The predicted molar refractivity (Wildman–Crippen MR) is 189 cm³/mol. The Bertz CT molecular complexity index is 2290. The van der Waals surface area contributed by atoms with Crippen LogP contribution in [0.25, 0.3) is 50.5 Å². The summed E-state index contributed by atoms with van der Waals surface area (Å²) >= 11 is 0. The third-order valence-electron chi connectivity index (χ3n) is 8.46. The standard InChI is InChI=1S/C41H31N5/c1-28-26-38(29(2)25-34(28)41-40(31-13-5-3-6-14-31)43-35-17-9-10-18-36(35)44-41)46(32-15-7-4-8-16-32)33-22-20-30(21-23-33)37-27-45-24-12-11-19-39(45)42-37/h3-27H,1-2H3. The van der Waals surface area contributed by atoms with Gasteiger partial charge in [0.25, 0.3) is 0 Å². The first kappa shape index (κ1) is 27.5. The first-order valence-electron chi connectivity index (χ1n) is 15.5. The van der Waals surface area contributed by atoms with Crippen molar-refractivity contribution in [3.8, 4) is 33.8 Å². The van der Waals surface area contributed by atoms with E-state index in [0.29, 0.717) is 0 Å². The van der Waals surface area contributed by atoms with E-state index in [1.165, 1.54) is 0 Å². The molecule has 0 aliphatic carbocycles. The van der Waals surface area contributed by atoms with Crippen molar-refractivity contribution in [2.24, 2.45) is 0 Å². The minimum atomic E-state index is 0.884. The molecule has 8 aromatic rings. The number of aryl methyl sites for hydroxylation is 2. The van der Waals surface area contributed by atoms with Crippen molar-refractivity contribution in [3.63, 3.8) is 0 Å². The monoisotopic (exact) mass is 593 g/mol. The SMILES string of the molecule is Cc1cc(N(c2ccccc2)c2ccc(-c3cn4ccccc4n3)cc2)c(C)cc1-c1nc2ccccc2nc1-c1ccccc1. The van der Waals surface area contributed by atoms with Crippen molar-refractivity contribution in [1.29, 1.82) is 0 Å². The molecule has 0 radical (unpaired) electrons. The third kappa shape index (κ3) is 4.98. The van der Waals surface area contributed by atoms with E-state index >= 15 is 0 Å². The van der Waals surface area contributed by atoms with E-state index in [2.05, 4.69) is 120 Å². The Labute approximate surface area is 268 Å². The number of hydrogen-bond donors (Lipinski definition) is 0. The van der Waals surface area contributed by atoms with Gasteiger partial charge in [0, 0.05) is 46.1 Å². The van der Waals surface area contributed by atoms with Gasteiger partial charge in [0.1, 0.15) is 5.65 Å². The van der Waals surface area contributed by atoms with Crippen LogP contribution in [-0.4, -0.2) is 19.4 Å². The maximum absolute atomic E-state index is 5.19. The van der Waals surface area contributed by atoms with Crippen LogP contribution >= 0.6 is 0 Å². The Kier molecular flexibility index (Phi) is 6.84. The lowest BCUT2D eigenvalue weighted by Crippen LogP contribution is -2.12. The van der Waals surface area contributed by atoms with E-state index in [-0.39, 0.29) is 0 Å². The summed E-state index contributed by atoms with van der Waals surface area (Å²) in [5.41, 5.74) is 14.2. The molecule has 0 amide bonds. The van der Waals surface area contributed by atoms with Crippen molar-refractivity contribution in [2.45, 2.75) is 13.8 Å². The fourth-order valence-electron chi connectivity index (χ4n) is 6.14. The highest BCUT2D eigenvalue weighted by Crippen LogP contribution is 2.41. The van der Waals surface area contributed by atoms with Crippen LogP contribution in [0.1, 0.15) is 11.1 Å². The van der Waals surface area contributed by atoms with E-state index in [4.69, 9.17) is 15.0 Å². The average Bonchev–Trinajstić information content (AvgIpc) is 3.55. The molecule has 5 heteroatoms. The maximum atomic E-state index is 5.19. The van der Waals surface area contributed by atoms with Gasteiger partial charge in [-0.15, -0.1) is 0 Å². The number of para-hydroxylation sites is 3. The van der Waals surface area contributed by atoms with E-state index in [1.54, 1.807) is 0 Å². The highest BCUT2D eigenvalue weighted by atomic mass is 15.1. The Morgan fingerprint density at radius 3 is 1.87 bits per heavy atom. The molecule has 3 heterocycles. The Hall–Kier alpha value is -6.07. The van der Waals surface area contributed by atoms with E-state index < -0.39 is 0 Å². The molecule has 0 bridgehead atoms. The maximum Gasteiger partial charge on any atom is 0.137 e. The second-order valence-corrected chi connectivity index (χ2v) is 11.5. The smallest absolute Gasteiger partial charge is 0.137 e. The number of nitrogens with zero attached hydrogens (tertiary/aromatic N) is 5. The summed E-state index contributed by atoms with van der Waals surface area (Å²) in [7, 11) is 0. The number of anilines is 3. The minimum absolute atomic E-state index is 0.884. The van der Waals surface area contributed by atoms with Crippen molar-refractivity contribution in [1.82, 2.24) is 19.4 Å². The summed E-state index contributed by atoms with van der Waals surface area (Å²) in [6, 6.07) is 48.2. The molecule has 5 nitrogen and oxygen atoms in total. The first-order chi connectivity index (χ1) is 22.6. The zero-order valence-corrected chi connectivity index (χ0v) is 25.7. The first-order valence-corrected chi connectivity index (χ1v) is 15.5. The summed E-state index contributed by atoms with van der Waals surface area (Å²) < 4.78 is 2.05. The summed E-state index contributed by atoms with van der Waals surface area (Å²) in [6.45, 7) is 4.34. The molecule has 3 aromatic heterocycles. The van der Waals surface area contributed by atoms with Gasteiger partial charge in [0.05, 0.1) is 28.1 Å². The average molecular weight is 594 g/mol. The van der Waals surface area contributed by atoms with Crippen LogP contribution in [-0.2, 0) is 0 Å². The van der Waals surface area contributed by atoms with Crippen molar-refractivity contribution in [3.05, 3.63) is 163 Å². The number of hydrogen-bond acceptors (Lipinski definition) is 4. The lowest BCUT2D eigenvalue weighted by molar-refractivity contribution is 1.19. The zero-order chi connectivity index (χ0) is 31.0.